The van der Waals surface area contributed by atoms with Crippen LogP contribution in [0.5, 0.6) is 0 Å². The lowest BCUT2D eigenvalue weighted by Gasteiger charge is -2.40. The molecule has 1 aliphatic rings. The van der Waals surface area contributed by atoms with Crippen LogP contribution in [0.3, 0.4) is 0 Å². The van der Waals surface area contributed by atoms with E-state index >= 15 is 0 Å². The van der Waals surface area contributed by atoms with Crippen LogP contribution in [0.4, 0.5) is 0 Å². The van der Waals surface area contributed by atoms with Gasteiger partial charge in [0.2, 0.25) is 0 Å². The molecule has 1 fully saturated rings. The van der Waals surface area contributed by atoms with E-state index in [2.05, 4.69) is 10.0 Å². The molecule has 0 amide bonds. The molecule has 0 unspecified atom stereocenters. The second-order valence-corrected chi connectivity index (χ2v) is 11.7. The second-order valence-electron chi connectivity index (χ2n) is 11.7. The molecule has 0 spiro atoms. The summed E-state index contributed by atoms with van der Waals surface area (Å²) in [5.74, 6) is -1.91. The first kappa shape index (κ1) is 34.3. The minimum absolute atomic E-state index is 0.0507. The van der Waals surface area contributed by atoms with Gasteiger partial charge in [0, 0.05) is 4.91 Å². The summed E-state index contributed by atoms with van der Waals surface area (Å²) in [4.78, 5) is 39.0. The molecule has 0 radical (unpaired) electrons. The minimum atomic E-state index is -0.985. The fourth-order valence-electron chi connectivity index (χ4n) is 3.13. The number of azide groups is 1. The Kier molecular flexibility index (Phi) is 13.0. The number of hydrogen-bond donors (Lipinski definition) is 0. The van der Waals surface area contributed by atoms with Crippen molar-refractivity contribution in [3.63, 3.8) is 0 Å². The lowest BCUT2D eigenvalue weighted by Crippen LogP contribution is -2.55. The molecule has 0 N–H and O–H groups in total. The average Bonchev–Trinajstić information content (AvgIpc) is 2.76. The van der Waals surface area contributed by atoms with Gasteiger partial charge in [0.15, 0.2) is 18.3 Å². The normalized spacial score (nSPS) is 22.0. The monoisotopic (exact) mass is 567 g/mol. The molecular weight excluding hydrogens is 526 g/mol. The van der Waals surface area contributed by atoms with E-state index in [0.717, 1.165) is 37.0 Å². The summed E-state index contributed by atoms with van der Waals surface area (Å²) in [6.07, 6.45) is 3.02. The molecule has 0 aromatic heterocycles. The Hall–Kier alpha value is -3.70. The van der Waals surface area contributed by atoms with E-state index in [-0.39, 0.29) is 13.2 Å². The Labute approximate surface area is 235 Å². The molecule has 13 nitrogen and oxygen atoms in total. The van der Waals surface area contributed by atoms with Gasteiger partial charge in [0.05, 0.1) is 50.2 Å². The molecule has 1 rings (SSSR count). The number of ether oxygens (including phenoxy) is 7. The van der Waals surface area contributed by atoms with Crippen LogP contribution >= 0.6 is 0 Å². The van der Waals surface area contributed by atoms with E-state index in [1.165, 1.54) is 0 Å². The molecule has 224 valence electrons. The summed E-state index contributed by atoms with van der Waals surface area (Å²) in [7, 11) is 0. The number of esters is 3. The van der Waals surface area contributed by atoms with Crippen molar-refractivity contribution in [3.8, 4) is 0 Å². The lowest BCUT2D eigenvalue weighted by molar-refractivity contribution is -0.190. The summed E-state index contributed by atoms with van der Waals surface area (Å²) in [6.45, 7) is 15.3. The maximum Gasteiger partial charge on any atom is 0.334 e. The van der Waals surface area contributed by atoms with Crippen LogP contribution in [0.1, 0.15) is 62.3 Å². The third kappa shape index (κ3) is 15.0. The number of carbonyl (C=O) groups excluding carboxylic acids is 3. The highest BCUT2D eigenvalue weighted by molar-refractivity contribution is 5.82. The molecular formula is C27H41N3O10. The molecule has 4 atom stereocenters. The quantitative estimate of drug-likeness (QED) is 0.0664. The van der Waals surface area contributed by atoms with Gasteiger partial charge in [-0.15, -0.1) is 0 Å². The Morgan fingerprint density at radius 1 is 0.750 bits per heavy atom. The van der Waals surface area contributed by atoms with Crippen LogP contribution in [0, 0.1) is 0 Å². The van der Waals surface area contributed by atoms with Crippen LogP contribution < -0.4 is 0 Å². The number of rotatable bonds is 11. The third-order valence-corrected chi connectivity index (χ3v) is 4.41. The molecule has 0 saturated carbocycles. The van der Waals surface area contributed by atoms with Crippen molar-refractivity contribution in [2.75, 3.05) is 13.2 Å². The van der Waals surface area contributed by atoms with E-state index in [9.17, 15) is 14.4 Å². The minimum Gasteiger partial charge on any atom is -0.491 e. The van der Waals surface area contributed by atoms with Crippen LogP contribution in [-0.2, 0) is 47.5 Å². The smallest absolute Gasteiger partial charge is 0.334 e. The molecule has 40 heavy (non-hydrogen) atoms. The molecule has 0 bridgehead atoms. The van der Waals surface area contributed by atoms with Gasteiger partial charge < -0.3 is 33.2 Å². The Balaban J connectivity index is 3.20. The molecule has 1 saturated heterocycles. The molecule has 0 aromatic rings. The van der Waals surface area contributed by atoms with Gasteiger partial charge >= 0.3 is 17.9 Å². The fraction of sp³-hybridized carbons (Fsp3) is 0.667. The maximum atomic E-state index is 12.1. The molecule has 1 heterocycles. The van der Waals surface area contributed by atoms with Crippen LogP contribution in [0.15, 0.2) is 42.1 Å². The largest absolute Gasteiger partial charge is 0.491 e. The fourth-order valence-corrected chi connectivity index (χ4v) is 3.13. The van der Waals surface area contributed by atoms with Gasteiger partial charge in [-0.2, -0.15) is 0 Å². The summed E-state index contributed by atoms with van der Waals surface area (Å²) in [6, 6.07) is 0. The highest BCUT2D eigenvalue weighted by atomic mass is 16.6. The number of hydrogen-bond acceptors (Lipinski definition) is 11. The van der Waals surface area contributed by atoms with Gasteiger partial charge in [0.25, 0.3) is 0 Å². The first-order valence-electron chi connectivity index (χ1n) is 12.7. The van der Waals surface area contributed by atoms with Gasteiger partial charge in [-0.3, -0.25) is 0 Å². The van der Waals surface area contributed by atoms with Gasteiger partial charge in [-0.1, -0.05) is 5.11 Å². The average molecular weight is 568 g/mol. The van der Waals surface area contributed by atoms with Crippen molar-refractivity contribution in [2.45, 2.75) is 104 Å². The van der Waals surface area contributed by atoms with Gasteiger partial charge in [-0.05, 0) is 67.8 Å². The van der Waals surface area contributed by atoms with Crippen molar-refractivity contribution in [1.82, 2.24) is 0 Å². The third-order valence-electron chi connectivity index (χ3n) is 4.41. The maximum absolute atomic E-state index is 12.1. The Morgan fingerprint density at radius 3 is 1.55 bits per heavy atom. The lowest BCUT2D eigenvalue weighted by atomic mass is 9.99. The standard InChI is InChI=1S/C27H41N3O10/c1-25(2,3)38-20(31)10-13-34-19-17-37-18(16-29-30-28)23(35-14-11-21(32)39-26(4,5)6)24(19)36-15-12-22(33)40-27(7,8)9/h10-15,18-19,23-24H,16-17H2,1-9H3/b13-10+,14-11+,15-12+/t18-,19+,23-,24-/m1/s1. The first-order chi connectivity index (χ1) is 18.4. The van der Waals surface area contributed by atoms with E-state index < -0.39 is 59.1 Å². The van der Waals surface area contributed by atoms with Crippen molar-refractivity contribution in [3.05, 3.63) is 47.5 Å². The van der Waals surface area contributed by atoms with Crippen molar-refractivity contribution in [2.24, 2.45) is 5.11 Å². The summed E-state index contributed by atoms with van der Waals surface area (Å²) < 4.78 is 38.8. The van der Waals surface area contributed by atoms with Crippen molar-refractivity contribution < 1.29 is 47.5 Å². The zero-order valence-corrected chi connectivity index (χ0v) is 24.6. The topological polar surface area (TPSA) is 165 Å². The van der Waals surface area contributed by atoms with Crippen LogP contribution in [0.2, 0.25) is 0 Å². The number of nitrogens with zero attached hydrogens (tertiary/aromatic N) is 3. The predicted octanol–water partition coefficient (Wildman–Crippen LogP) is 4.42. The highest BCUT2D eigenvalue weighted by Crippen LogP contribution is 2.25. The highest BCUT2D eigenvalue weighted by Gasteiger charge is 2.44. The van der Waals surface area contributed by atoms with Gasteiger partial charge in [0.1, 0.15) is 22.9 Å². The van der Waals surface area contributed by atoms with Crippen LogP contribution in [0.25, 0.3) is 10.4 Å². The molecule has 1 aliphatic heterocycles. The molecule has 0 aromatic carbocycles. The van der Waals surface area contributed by atoms with Gasteiger partial charge in [-0.25, -0.2) is 14.4 Å². The number of carbonyl (C=O) groups is 3. The van der Waals surface area contributed by atoms with E-state index in [1.807, 2.05) is 0 Å². The zero-order valence-electron chi connectivity index (χ0n) is 24.6. The van der Waals surface area contributed by atoms with Crippen molar-refractivity contribution in [1.29, 1.82) is 0 Å². The predicted molar refractivity (Wildman–Crippen MR) is 143 cm³/mol. The molecule has 13 heteroatoms. The first-order valence-corrected chi connectivity index (χ1v) is 12.7. The zero-order chi connectivity index (χ0) is 30.6. The van der Waals surface area contributed by atoms with E-state index in [0.29, 0.717) is 0 Å². The summed E-state index contributed by atoms with van der Waals surface area (Å²) in [5.41, 5.74) is 6.70. The molecule has 0 aliphatic carbocycles. The summed E-state index contributed by atoms with van der Waals surface area (Å²) in [5, 5.41) is 3.56. The SMILES string of the molecule is CC(C)(C)OC(=O)/C=C/O[C@H]1[C@H](O/C=C/C(=O)OC(C)(C)C)[C@@H](CN=[N+]=[N-])OC[C@@H]1O/C=C/C(=O)OC(C)(C)C. The van der Waals surface area contributed by atoms with E-state index in [4.69, 9.17) is 38.7 Å². The summed E-state index contributed by atoms with van der Waals surface area (Å²) >= 11 is 0. The van der Waals surface area contributed by atoms with Crippen molar-refractivity contribution >= 4 is 17.9 Å². The van der Waals surface area contributed by atoms with Crippen LogP contribution in [-0.4, -0.2) is 72.3 Å². The Morgan fingerprint density at radius 2 is 1.15 bits per heavy atom. The Bertz CT molecular complexity index is 996. The van der Waals surface area contributed by atoms with E-state index in [1.54, 1.807) is 62.3 Å². The second kappa shape index (κ2) is 15.2.